The molecule has 0 aliphatic carbocycles. The van der Waals surface area contributed by atoms with E-state index in [1.807, 2.05) is 19.0 Å². The maximum atomic E-state index is 12.4. The van der Waals surface area contributed by atoms with E-state index in [4.69, 9.17) is 9.47 Å². The highest BCUT2D eigenvalue weighted by atomic mass is 16.5. The molecule has 1 N–H and O–H groups in total. The first kappa shape index (κ1) is 59.6. The number of ether oxygens (including phenoxy) is 2. The van der Waals surface area contributed by atoms with Crippen LogP contribution in [0.4, 0.5) is 0 Å². The standard InChI is InChI=1S/C48H95NO4.C4H9NO/c1-6-10-26-34-44(35-27-11-7-2)42-47(50)52-40-32-24-20-16-14-18-22-30-38-46(49-5)39-31-23-19-15-17-21-25-33-41-53-48(51)43-45(36-28-12-8-3)37-29-13-9-4;1-5(2)3-4-6/h44-46,49H,6-43H2,1-5H3;4H,3H2,1-2H3. The van der Waals surface area contributed by atoms with Gasteiger partial charge in [0.1, 0.15) is 6.29 Å². The van der Waals surface area contributed by atoms with Gasteiger partial charge in [-0.3, -0.25) is 9.59 Å². The summed E-state index contributed by atoms with van der Waals surface area (Å²) in [5.41, 5.74) is 0. The Balaban J connectivity index is 0. The third-order valence-electron chi connectivity index (χ3n) is 12.0. The molecule has 0 aromatic heterocycles. The second kappa shape index (κ2) is 49.2. The highest BCUT2D eigenvalue weighted by Crippen LogP contribution is 2.23. The van der Waals surface area contributed by atoms with Crippen LogP contribution in [0.1, 0.15) is 259 Å². The molecule has 0 aromatic rings. The number of esters is 2. The van der Waals surface area contributed by atoms with Gasteiger partial charge in [0.05, 0.1) is 19.8 Å². The molecule has 59 heavy (non-hydrogen) atoms. The van der Waals surface area contributed by atoms with Crippen molar-refractivity contribution in [3.05, 3.63) is 0 Å². The van der Waals surface area contributed by atoms with E-state index < -0.39 is 0 Å². The molecule has 0 atom stereocenters. The summed E-state index contributed by atoms with van der Waals surface area (Å²) >= 11 is 0. The molecule has 0 aliphatic heterocycles. The number of nitrogens with one attached hydrogen (secondary N) is 1. The lowest BCUT2D eigenvalue weighted by Crippen LogP contribution is -2.24. The van der Waals surface area contributed by atoms with Crippen LogP contribution in [-0.2, 0) is 23.9 Å². The van der Waals surface area contributed by atoms with Crippen LogP contribution in [0.15, 0.2) is 0 Å². The highest BCUT2D eigenvalue weighted by Gasteiger charge is 2.16. The van der Waals surface area contributed by atoms with Gasteiger partial charge < -0.3 is 24.5 Å². The average molecular weight is 837 g/mol. The lowest BCUT2D eigenvalue weighted by Gasteiger charge is -2.16. The zero-order valence-electron chi connectivity index (χ0n) is 40.9. The van der Waals surface area contributed by atoms with E-state index in [0.717, 1.165) is 19.1 Å². The number of rotatable bonds is 45. The molecule has 0 fully saturated rings. The van der Waals surface area contributed by atoms with Crippen LogP contribution in [0.25, 0.3) is 0 Å². The van der Waals surface area contributed by atoms with Crippen LogP contribution in [0.2, 0.25) is 0 Å². The number of hydrogen-bond acceptors (Lipinski definition) is 7. The summed E-state index contributed by atoms with van der Waals surface area (Å²) in [4.78, 5) is 36.2. The molecule has 7 nitrogen and oxygen atoms in total. The highest BCUT2D eigenvalue weighted by molar-refractivity contribution is 5.70. The van der Waals surface area contributed by atoms with Crippen molar-refractivity contribution in [2.75, 3.05) is 40.9 Å². The van der Waals surface area contributed by atoms with Gasteiger partial charge in [0.25, 0.3) is 0 Å². The molecule has 352 valence electrons. The van der Waals surface area contributed by atoms with Crippen LogP contribution in [0, 0.1) is 11.8 Å². The molecule has 0 aromatic carbocycles. The minimum Gasteiger partial charge on any atom is -0.466 e. The summed E-state index contributed by atoms with van der Waals surface area (Å²) in [7, 11) is 5.85. The van der Waals surface area contributed by atoms with Gasteiger partial charge in [-0.25, -0.2) is 0 Å². The van der Waals surface area contributed by atoms with Gasteiger partial charge in [0, 0.05) is 18.9 Å². The van der Waals surface area contributed by atoms with Gasteiger partial charge in [-0.05, 0) is 84.3 Å². The van der Waals surface area contributed by atoms with Crippen molar-refractivity contribution in [2.45, 2.75) is 265 Å². The van der Waals surface area contributed by atoms with Gasteiger partial charge in [-0.15, -0.1) is 0 Å². The van der Waals surface area contributed by atoms with Crippen molar-refractivity contribution in [2.24, 2.45) is 11.8 Å². The van der Waals surface area contributed by atoms with Crippen molar-refractivity contribution in [3.8, 4) is 0 Å². The molecule has 0 amide bonds. The van der Waals surface area contributed by atoms with Crippen LogP contribution in [-0.4, -0.2) is 70.1 Å². The first-order valence-corrected chi connectivity index (χ1v) is 25.8. The van der Waals surface area contributed by atoms with E-state index in [1.165, 1.54) is 205 Å². The molecule has 0 heterocycles. The van der Waals surface area contributed by atoms with Crippen LogP contribution >= 0.6 is 0 Å². The fraction of sp³-hybridized carbons (Fsp3) is 0.942. The quantitative estimate of drug-likeness (QED) is 0.0371. The Morgan fingerprint density at radius 2 is 0.746 bits per heavy atom. The minimum absolute atomic E-state index is 0.0380. The van der Waals surface area contributed by atoms with Gasteiger partial charge in [-0.1, -0.05) is 195 Å². The Morgan fingerprint density at radius 3 is 1.00 bits per heavy atom. The van der Waals surface area contributed by atoms with Crippen LogP contribution in [0.5, 0.6) is 0 Å². The number of likely N-dealkylation sites (N-methyl/N-ethyl adjacent to an activating group) is 1. The lowest BCUT2D eigenvalue weighted by atomic mass is 9.92. The number of aldehydes is 1. The molecule has 0 radical (unpaired) electrons. The number of carbonyl (C=O) groups excluding carboxylic acids is 3. The van der Waals surface area contributed by atoms with Crippen LogP contribution in [0.3, 0.4) is 0 Å². The molecule has 0 bridgehead atoms. The minimum atomic E-state index is 0.0380. The Labute approximate surface area is 368 Å². The molecule has 0 spiro atoms. The number of unbranched alkanes of at least 4 members (excludes halogenated alkanes) is 22. The summed E-state index contributed by atoms with van der Waals surface area (Å²) < 4.78 is 11.2. The fourth-order valence-electron chi connectivity index (χ4n) is 8.08. The molecule has 7 heteroatoms. The topological polar surface area (TPSA) is 84.9 Å². The fourth-order valence-corrected chi connectivity index (χ4v) is 8.08. The predicted molar refractivity (Wildman–Crippen MR) is 255 cm³/mol. The van der Waals surface area contributed by atoms with Crippen molar-refractivity contribution >= 4 is 18.2 Å². The van der Waals surface area contributed by atoms with Crippen molar-refractivity contribution in [1.29, 1.82) is 0 Å². The van der Waals surface area contributed by atoms with Crippen LogP contribution < -0.4 is 5.32 Å². The zero-order chi connectivity index (χ0) is 43.9. The third-order valence-corrected chi connectivity index (χ3v) is 12.0. The number of carbonyl (C=O) groups is 3. The molecule has 0 saturated heterocycles. The lowest BCUT2D eigenvalue weighted by molar-refractivity contribution is -0.146. The van der Waals surface area contributed by atoms with E-state index in [1.54, 1.807) is 0 Å². The Kier molecular flexibility index (Phi) is 49.7. The van der Waals surface area contributed by atoms with Crippen molar-refractivity contribution in [1.82, 2.24) is 10.2 Å². The Bertz CT molecular complexity index is 788. The van der Waals surface area contributed by atoms with Gasteiger partial charge >= 0.3 is 11.9 Å². The van der Waals surface area contributed by atoms with E-state index in [-0.39, 0.29) is 11.9 Å². The monoisotopic (exact) mass is 837 g/mol. The summed E-state index contributed by atoms with van der Waals surface area (Å²) in [6, 6.07) is 0.673. The molecular formula is C52H104N2O5. The van der Waals surface area contributed by atoms with Crippen molar-refractivity contribution < 1.29 is 23.9 Å². The number of nitrogens with zero attached hydrogens (tertiary/aromatic N) is 1. The second-order valence-corrected chi connectivity index (χ2v) is 18.2. The number of hydrogen-bond donors (Lipinski definition) is 1. The average Bonchev–Trinajstić information content (AvgIpc) is 3.21. The first-order chi connectivity index (χ1) is 28.8. The zero-order valence-corrected chi connectivity index (χ0v) is 40.9. The molecular weight excluding hydrogens is 733 g/mol. The predicted octanol–water partition coefficient (Wildman–Crippen LogP) is 14.8. The molecule has 0 unspecified atom stereocenters. The summed E-state index contributed by atoms with van der Waals surface area (Å²) in [6.07, 6.45) is 44.9. The van der Waals surface area contributed by atoms with E-state index in [0.29, 0.717) is 50.5 Å². The van der Waals surface area contributed by atoms with E-state index in [2.05, 4.69) is 40.1 Å². The largest absolute Gasteiger partial charge is 0.466 e. The van der Waals surface area contributed by atoms with Crippen molar-refractivity contribution in [3.63, 3.8) is 0 Å². The maximum absolute atomic E-state index is 12.4. The second-order valence-electron chi connectivity index (χ2n) is 18.2. The maximum Gasteiger partial charge on any atom is 0.306 e. The molecule has 0 saturated carbocycles. The summed E-state index contributed by atoms with van der Waals surface area (Å²) in [5.74, 6) is 1.12. The van der Waals surface area contributed by atoms with Gasteiger partial charge in [0.15, 0.2) is 0 Å². The molecule has 0 rings (SSSR count). The smallest absolute Gasteiger partial charge is 0.306 e. The van der Waals surface area contributed by atoms with Gasteiger partial charge in [0.2, 0.25) is 0 Å². The first-order valence-electron chi connectivity index (χ1n) is 25.8. The normalized spacial score (nSPS) is 11.4. The third kappa shape index (κ3) is 47.4. The van der Waals surface area contributed by atoms with Gasteiger partial charge in [-0.2, -0.15) is 0 Å². The SMILES string of the molecule is CCCCCC(CCCCC)CC(=O)OCCCCCCCCCCC(CCCCCCCCCCOC(=O)CC(CCCCC)CCCCC)NC.CN(C)CC=O. The Hall–Kier alpha value is -1.47. The van der Waals surface area contributed by atoms with E-state index in [9.17, 15) is 14.4 Å². The Morgan fingerprint density at radius 1 is 0.458 bits per heavy atom. The molecule has 0 aliphatic rings. The summed E-state index contributed by atoms with van der Waals surface area (Å²) in [6.45, 7) is 10.7. The van der Waals surface area contributed by atoms with E-state index >= 15 is 0 Å². The summed E-state index contributed by atoms with van der Waals surface area (Å²) in [5, 5.41) is 3.57.